The van der Waals surface area contributed by atoms with Crippen LogP contribution >= 0.6 is 11.6 Å². The number of benzene rings is 1. The summed E-state index contributed by atoms with van der Waals surface area (Å²) in [6.07, 6.45) is 1.68. The number of carbonyl (C=O) groups excluding carboxylic acids is 1. The molecule has 1 amide bonds. The molecule has 4 nitrogen and oxygen atoms in total. The van der Waals surface area contributed by atoms with Gasteiger partial charge in [-0.1, -0.05) is 23.7 Å². The predicted molar refractivity (Wildman–Crippen MR) is 85.0 cm³/mol. The fourth-order valence-corrected chi connectivity index (χ4v) is 2.20. The standard InChI is InChI=1S/C16H17ClN2O2/c1-10-7-8-15(20)19(9-10)12(3)16(21)18-14-6-4-5-13(17)11(14)2/h4-9,12H,1-3H3,(H,18,21). The Labute approximate surface area is 128 Å². The normalized spacial score (nSPS) is 12.0. The molecule has 0 saturated carbocycles. The number of amides is 1. The number of hydrogen-bond donors (Lipinski definition) is 1. The highest BCUT2D eigenvalue weighted by molar-refractivity contribution is 6.31. The smallest absolute Gasteiger partial charge is 0.251 e. The van der Waals surface area contributed by atoms with Crippen LogP contribution < -0.4 is 10.9 Å². The minimum atomic E-state index is -0.601. The van der Waals surface area contributed by atoms with Crippen LogP contribution in [0, 0.1) is 13.8 Å². The molecule has 1 aromatic heterocycles. The zero-order chi connectivity index (χ0) is 15.6. The SMILES string of the molecule is Cc1ccc(=O)n(C(C)C(=O)Nc2cccc(Cl)c2C)c1. The van der Waals surface area contributed by atoms with Crippen LogP contribution in [0.25, 0.3) is 0 Å². The third-order valence-electron chi connectivity index (χ3n) is 3.41. The summed E-state index contributed by atoms with van der Waals surface area (Å²) in [7, 11) is 0. The lowest BCUT2D eigenvalue weighted by atomic mass is 10.2. The van der Waals surface area contributed by atoms with Crippen molar-refractivity contribution in [3.05, 3.63) is 63.0 Å². The van der Waals surface area contributed by atoms with Gasteiger partial charge < -0.3 is 9.88 Å². The van der Waals surface area contributed by atoms with Crippen molar-refractivity contribution in [3.8, 4) is 0 Å². The molecule has 5 heteroatoms. The third kappa shape index (κ3) is 3.34. The van der Waals surface area contributed by atoms with E-state index >= 15 is 0 Å². The van der Waals surface area contributed by atoms with Gasteiger partial charge in [-0.2, -0.15) is 0 Å². The molecule has 21 heavy (non-hydrogen) atoms. The number of aryl methyl sites for hydroxylation is 1. The number of aromatic nitrogens is 1. The summed E-state index contributed by atoms with van der Waals surface area (Å²) in [5, 5.41) is 3.40. The number of rotatable bonds is 3. The van der Waals surface area contributed by atoms with E-state index in [2.05, 4.69) is 5.32 Å². The van der Waals surface area contributed by atoms with Gasteiger partial charge in [0, 0.05) is 23.0 Å². The topological polar surface area (TPSA) is 51.1 Å². The van der Waals surface area contributed by atoms with Crippen molar-refractivity contribution in [2.24, 2.45) is 0 Å². The van der Waals surface area contributed by atoms with Crippen molar-refractivity contribution in [3.63, 3.8) is 0 Å². The number of hydrogen-bond acceptors (Lipinski definition) is 2. The van der Waals surface area contributed by atoms with Crippen LogP contribution in [0.3, 0.4) is 0 Å². The third-order valence-corrected chi connectivity index (χ3v) is 3.82. The lowest BCUT2D eigenvalue weighted by molar-refractivity contribution is -0.118. The van der Waals surface area contributed by atoms with Crippen LogP contribution in [0.15, 0.2) is 41.3 Å². The van der Waals surface area contributed by atoms with Crippen molar-refractivity contribution in [1.82, 2.24) is 4.57 Å². The monoisotopic (exact) mass is 304 g/mol. The second-order valence-corrected chi connectivity index (χ2v) is 5.44. The summed E-state index contributed by atoms with van der Waals surface area (Å²) in [5.74, 6) is -0.256. The Hall–Kier alpha value is -2.07. The first-order chi connectivity index (χ1) is 9.90. The van der Waals surface area contributed by atoms with Gasteiger partial charge in [0.1, 0.15) is 6.04 Å². The highest BCUT2D eigenvalue weighted by Crippen LogP contribution is 2.23. The molecule has 1 aromatic carbocycles. The Kier molecular flexibility index (Phi) is 4.48. The number of halogens is 1. The maximum absolute atomic E-state index is 12.3. The number of anilines is 1. The molecule has 0 radical (unpaired) electrons. The first kappa shape index (κ1) is 15.3. The molecule has 1 unspecified atom stereocenters. The molecule has 2 aromatic rings. The highest BCUT2D eigenvalue weighted by atomic mass is 35.5. The Bertz CT molecular complexity index is 737. The number of pyridine rings is 1. The summed E-state index contributed by atoms with van der Waals surface area (Å²) < 4.78 is 1.42. The summed E-state index contributed by atoms with van der Waals surface area (Å²) >= 11 is 6.03. The van der Waals surface area contributed by atoms with Crippen molar-refractivity contribution in [2.75, 3.05) is 5.32 Å². The van der Waals surface area contributed by atoms with Crippen LogP contribution in [0.2, 0.25) is 5.02 Å². The first-order valence-corrected chi connectivity index (χ1v) is 7.02. The summed E-state index contributed by atoms with van der Waals surface area (Å²) in [6, 6.07) is 7.91. The van der Waals surface area contributed by atoms with Gasteiger partial charge in [-0.3, -0.25) is 9.59 Å². The van der Waals surface area contributed by atoms with E-state index in [1.54, 1.807) is 37.4 Å². The predicted octanol–water partition coefficient (Wildman–Crippen LogP) is 3.32. The fraction of sp³-hybridized carbons (Fsp3) is 0.250. The van der Waals surface area contributed by atoms with Gasteiger partial charge in [-0.05, 0) is 44.0 Å². The second kappa shape index (κ2) is 6.14. The van der Waals surface area contributed by atoms with E-state index in [1.165, 1.54) is 10.6 Å². The fourth-order valence-electron chi connectivity index (χ4n) is 2.02. The molecule has 0 aliphatic heterocycles. The lowest BCUT2D eigenvalue weighted by Gasteiger charge is -2.17. The van der Waals surface area contributed by atoms with E-state index in [0.29, 0.717) is 10.7 Å². The maximum atomic E-state index is 12.3. The largest absolute Gasteiger partial charge is 0.324 e. The molecule has 0 saturated heterocycles. The molecule has 0 fully saturated rings. The first-order valence-electron chi connectivity index (χ1n) is 6.65. The van der Waals surface area contributed by atoms with E-state index in [-0.39, 0.29) is 11.5 Å². The Morgan fingerprint density at radius 1 is 1.24 bits per heavy atom. The molecular weight excluding hydrogens is 288 g/mol. The van der Waals surface area contributed by atoms with Crippen LogP contribution in [0.1, 0.15) is 24.1 Å². The molecule has 1 heterocycles. The molecule has 110 valence electrons. The molecule has 0 aliphatic carbocycles. The van der Waals surface area contributed by atoms with Crippen molar-refractivity contribution in [1.29, 1.82) is 0 Å². The second-order valence-electron chi connectivity index (χ2n) is 5.03. The van der Waals surface area contributed by atoms with Crippen molar-refractivity contribution < 1.29 is 4.79 Å². The molecule has 1 N–H and O–H groups in total. The average molecular weight is 305 g/mol. The minimum Gasteiger partial charge on any atom is -0.324 e. The highest BCUT2D eigenvalue weighted by Gasteiger charge is 2.17. The zero-order valence-electron chi connectivity index (χ0n) is 12.2. The van der Waals surface area contributed by atoms with Gasteiger partial charge in [0.05, 0.1) is 0 Å². The minimum absolute atomic E-state index is 0.203. The van der Waals surface area contributed by atoms with Gasteiger partial charge in [-0.15, -0.1) is 0 Å². The average Bonchev–Trinajstić information content (AvgIpc) is 2.45. The van der Waals surface area contributed by atoms with Crippen LogP contribution in [-0.4, -0.2) is 10.5 Å². The zero-order valence-corrected chi connectivity index (χ0v) is 12.9. The molecule has 1 atom stereocenters. The molecular formula is C16H17ClN2O2. The summed E-state index contributed by atoms with van der Waals surface area (Å²) in [5.41, 5.74) is 2.18. The van der Waals surface area contributed by atoms with Gasteiger partial charge in [0.2, 0.25) is 5.91 Å². The van der Waals surface area contributed by atoms with Gasteiger partial charge in [0.15, 0.2) is 0 Å². The van der Waals surface area contributed by atoms with Gasteiger partial charge >= 0.3 is 0 Å². The van der Waals surface area contributed by atoms with E-state index in [9.17, 15) is 9.59 Å². The van der Waals surface area contributed by atoms with E-state index in [4.69, 9.17) is 11.6 Å². The Morgan fingerprint density at radius 3 is 2.67 bits per heavy atom. The van der Waals surface area contributed by atoms with Crippen LogP contribution in [0.5, 0.6) is 0 Å². The van der Waals surface area contributed by atoms with Crippen LogP contribution in [-0.2, 0) is 4.79 Å². The van der Waals surface area contributed by atoms with Crippen molar-refractivity contribution >= 4 is 23.2 Å². The Balaban J connectivity index is 2.26. The molecule has 2 rings (SSSR count). The molecule has 0 aliphatic rings. The van der Waals surface area contributed by atoms with Gasteiger partial charge in [-0.25, -0.2) is 0 Å². The number of nitrogens with zero attached hydrogens (tertiary/aromatic N) is 1. The van der Waals surface area contributed by atoms with E-state index in [1.807, 2.05) is 13.8 Å². The van der Waals surface area contributed by atoms with E-state index < -0.39 is 6.04 Å². The quantitative estimate of drug-likeness (QED) is 0.945. The number of carbonyl (C=O) groups is 1. The molecule has 0 spiro atoms. The van der Waals surface area contributed by atoms with Crippen LogP contribution in [0.4, 0.5) is 5.69 Å². The van der Waals surface area contributed by atoms with E-state index in [0.717, 1.165) is 11.1 Å². The summed E-state index contributed by atoms with van der Waals surface area (Å²) in [4.78, 5) is 24.2. The van der Waals surface area contributed by atoms with Gasteiger partial charge in [0.25, 0.3) is 5.56 Å². The molecule has 0 bridgehead atoms. The Morgan fingerprint density at radius 2 is 1.95 bits per heavy atom. The maximum Gasteiger partial charge on any atom is 0.251 e. The summed E-state index contributed by atoms with van der Waals surface area (Å²) in [6.45, 7) is 5.40. The number of nitrogens with one attached hydrogen (secondary N) is 1. The van der Waals surface area contributed by atoms with Crippen molar-refractivity contribution in [2.45, 2.75) is 26.8 Å². The lowest BCUT2D eigenvalue weighted by Crippen LogP contribution is -2.31.